The number of aromatic nitrogens is 1. The first-order chi connectivity index (χ1) is 15.7. The summed E-state index contributed by atoms with van der Waals surface area (Å²) in [5, 5.41) is 10.9. The van der Waals surface area contributed by atoms with Crippen molar-refractivity contribution in [2.24, 2.45) is 0 Å². The van der Waals surface area contributed by atoms with E-state index in [-0.39, 0.29) is 6.54 Å². The number of rotatable bonds is 5. The number of nitrogens with zero attached hydrogens (tertiary/aromatic N) is 2. The Morgan fingerprint density at radius 3 is 2.29 bits per heavy atom. The van der Waals surface area contributed by atoms with Crippen LogP contribution in [0.25, 0.3) is 22.0 Å². The Morgan fingerprint density at radius 1 is 1.15 bits per heavy atom. The van der Waals surface area contributed by atoms with Gasteiger partial charge in [-0.15, -0.1) is 0 Å². The first-order valence-electron chi connectivity index (χ1n) is 11.0. The normalized spacial score (nSPS) is 15.1. The second-order valence-electron chi connectivity index (χ2n) is 9.75. The van der Waals surface area contributed by atoms with Crippen molar-refractivity contribution in [2.75, 3.05) is 17.1 Å². The molecule has 0 aliphatic carbocycles. The molecule has 7 nitrogen and oxygen atoms in total. The third-order valence-electron chi connectivity index (χ3n) is 6.09. The van der Waals surface area contributed by atoms with Gasteiger partial charge in [0.2, 0.25) is 10.0 Å². The summed E-state index contributed by atoms with van der Waals surface area (Å²) in [6.45, 7) is 9.67. The van der Waals surface area contributed by atoms with Gasteiger partial charge in [-0.05, 0) is 69.5 Å². The van der Waals surface area contributed by atoms with Gasteiger partial charge in [-0.2, -0.15) is 0 Å². The van der Waals surface area contributed by atoms with Crippen LogP contribution in [0.2, 0.25) is 0 Å². The number of hydrogen-bond donors (Lipinski definition) is 1. The molecule has 0 spiro atoms. The fourth-order valence-electron chi connectivity index (χ4n) is 4.83. The molecular formula is C25H29FN2O5S. The van der Waals surface area contributed by atoms with Crippen LogP contribution in [-0.2, 0) is 26.1 Å². The molecule has 0 saturated heterocycles. The second kappa shape index (κ2) is 8.09. The van der Waals surface area contributed by atoms with Crippen molar-refractivity contribution in [3.05, 3.63) is 53.0 Å². The number of anilines is 1. The maximum atomic E-state index is 13.8. The highest BCUT2D eigenvalue weighted by atomic mass is 32.2. The molecule has 4 rings (SSSR count). The Bertz CT molecular complexity index is 1400. The lowest BCUT2D eigenvalue weighted by Crippen LogP contribution is -2.37. The minimum absolute atomic E-state index is 0.241. The van der Waals surface area contributed by atoms with Crippen LogP contribution in [0.5, 0.6) is 0 Å². The number of ether oxygens (including phenoxy) is 1. The zero-order chi connectivity index (χ0) is 25.2. The van der Waals surface area contributed by atoms with Crippen LogP contribution < -0.4 is 4.31 Å². The highest BCUT2D eigenvalue weighted by Gasteiger charge is 2.37. The molecule has 3 aromatic rings. The average Bonchev–Trinajstić information content (AvgIpc) is 3.05. The first-order valence-corrected chi connectivity index (χ1v) is 12.9. The van der Waals surface area contributed by atoms with E-state index in [4.69, 9.17) is 4.74 Å². The largest absolute Gasteiger partial charge is 0.479 e. The number of carboxylic acids is 1. The van der Waals surface area contributed by atoms with E-state index in [1.165, 1.54) is 16.4 Å². The third kappa shape index (κ3) is 4.07. The minimum Gasteiger partial charge on any atom is -0.479 e. The Kier molecular flexibility index (Phi) is 5.77. The summed E-state index contributed by atoms with van der Waals surface area (Å²) >= 11 is 0. The van der Waals surface area contributed by atoms with Crippen LogP contribution in [0.1, 0.15) is 43.7 Å². The third-order valence-corrected chi connectivity index (χ3v) is 7.26. The van der Waals surface area contributed by atoms with E-state index in [9.17, 15) is 22.7 Å². The maximum Gasteiger partial charge on any atom is 0.337 e. The summed E-state index contributed by atoms with van der Waals surface area (Å²) in [6.07, 6.45) is -0.217. The quantitative estimate of drug-likeness (QED) is 0.558. The second-order valence-corrected chi connectivity index (χ2v) is 11.7. The van der Waals surface area contributed by atoms with Gasteiger partial charge in [-0.3, -0.25) is 4.31 Å². The predicted molar refractivity (Wildman–Crippen MR) is 130 cm³/mol. The van der Waals surface area contributed by atoms with Crippen LogP contribution in [0.3, 0.4) is 0 Å². The molecule has 0 radical (unpaired) electrons. The number of sulfonamides is 1. The van der Waals surface area contributed by atoms with E-state index in [2.05, 4.69) is 4.57 Å². The Balaban J connectivity index is 2.21. The number of aryl methyl sites for hydroxylation is 1. The molecule has 0 saturated carbocycles. The molecule has 0 bridgehead atoms. The van der Waals surface area contributed by atoms with Crippen molar-refractivity contribution in [1.29, 1.82) is 0 Å². The van der Waals surface area contributed by atoms with Gasteiger partial charge in [-0.25, -0.2) is 17.6 Å². The molecule has 0 amide bonds. The van der Waals surface area contributed by atoms with Crippen molar-refractivity contribution in [3.63, 3.8) is 0 Å². The topological polar surface area (TPSA) is 88.8 Å². The molecule has 2 aromatic carbocycles. The van der Waals surface area contributed by atoms with E-state index in [1.807, 2.05) is 13.0 Å². The summed E-state index contributed by atoms with van der Waals surface area (Å²) in [7, 11) is -3.63. The lowest BCUT2D eigenvalue weighted by atomic mass is 9.87. The number of halogens is 1. The molecule has 34 heavy (non-hydrogen) atoms. The molecule has 1 atom stereocenters. The zero-order valence-electron chi connectivity index (χ0n) is 20.1. The van der Waals surface area contributed by atoms with E-state index in [0.29, 0.717) is 39.9 Å². The van der Waals surface area contributed by atoms with Gasteiger partial charge in [0, 0.05) is 23.2 Å². The lowest BCUT2D eigenvalue weighted by molar-refractivity contribution is -0.160. The Morgan fingerprint density at radius 2 is 1.76 bits per heavy atom. The summed E-state index contributed by atoms with van der Waals surface area (Å²) in [4.78, 5) is 12.5. The Labute approximate surface area is 198 Å². The Hall–Kier alpha value is -2.91. The molecule has 9 heteroatoms. The highest BCUT2D eigenvalue weighted by molar-refractivity contribution is 7.92. The predicted octanol–water partition coefficient (Wildman–Crippen LogP) is 4.78. The van der Waals surface area contributed by atoms with Gasteiger partial charge < -0.3 is 14.4 Å². The van der Waals surface area contributed by atoms with E-state index in [0.717, 1.165) is 17.5 Å². The van der Waals surface area contributed by atoms with Crippen LogP contribution in [0.15, 0.2) is 30.3 Å². The average molecular weight is 489 g/mol. The molecular weight excluding hydrogens is 459 g/mol. The molecule has 1 aliphatic rings. The van der Waals surface area contributed by atoms with Crippen molar-refractivity contribution in [2.45, 2.75) is 52.9 Å². The number of carbonyl (C=O) groups is 1. The van der Waals surface area contributed by atoms with Crippen LogP contribution in [0, 0.1) is 19.7 Å². The fraction of sp³-hybridized carbons (Fsp3) is 0.400. The highest BCUT2D eigenvalue weighted by Crippen LogP contribution is 2.48. The molecule has 1 N–H and O–H groups in total. The molecule has 1 aromatic heterocycles. The van der Waals surface area contributed by atoms with Crippen LogP contribution in [0.4, 0.5) is 10.1 Å². The maximum absolute atomic E-state index is 13.8. The van der Waals surface area contributed by atoms with Crippen molar-refractivity contribution in [3.8, 4) is 11.1 Å². The summed E-state index contributed by atoms with van der Waals surface area (Å²) in [5.74, 6) is -1.60. The number of hydrogen-bond acceptors (Lipinski definition) is 4. The molecule has 1 aliphatic heterocycles. The summed E-state index contributed by atoms with van der Waals surface area (Å²) in [5.41, 5.74) is 3.41. The van der Waals surface area contributed by atoms with Crippen LogP contribution in [-0.4, -0.2) is 42.5 Å². The number of benzene rings is 2. The molecule has 0 fully saturated rings. The number of aliphatic carboxylic acids is 1. The van der Waals surface area contributed by atoms with E-state index in [1.54, 1.807) is 39.8 Å². The van der Waals surface area contributed by atoms with Crippen LogP contribution >= 0.6 is 0 Å². The molecule has 2 heterocycles. The zero-order valence-corrected chi connectivity index (χ0v) is 21.0. The van der Waals surface area contributed by atoms with Gasteiger partial charge in [0.05, 0.1) is 29.6 Å². The minimum atomic E-state index is -3.63. The van der Waals surface area contributed by atoms with Gasteiger partial charge >= 0.3 is 5.97 Å². The van der Waals surface area contributed by atoms with Gasteiger partial charge in [-0.1, -0.05) is 12.1 Å². The summed E-state index contributed by atoms with van der Waals surface area (Å²) < 4.78 is 48.7. The van der Waals surface area contributed by atoms with Crippen molar-refractivity contribution < 1.29 is 27.4 Å². The van der Waals surface area contributed by atoms with Gasteiger partial charge in [0.15, 0.2) is 6.10 Å². The van der Waals surface area contributed by atoms with Gasteiger partial charge in [0.25, 0.3) is 0 Å². The van der Waals surface area contributed by atoms with E-state index < -0.39 is 33.5 Å². The number of carboxylic acid groups (broad SMARTS) is 1. The summed E-state index contributed by atoms with van der Waals surface area (Å²) in [6, 6.07) is 7.80. The first kappa shape index (κ1) is 24.2. The van der Waals surface area contributed by atoms with E-state index >= 15 is 0 Å². The monoisotopic (exact) mass is 488 g/mol. The lowest BCUT2D eigenvalue weighted by Gasteiger charge is -2.34. The van der Waals surface area contributed by atoms with Gasteiger partial charge in [0.1, 0.15) is 5.82 Å². The smallest absolute Gasteiger partial charge is 0.337 e. The molecule has 182 valence electrons. The molecule has 0 unspecified atom stereocenters. The standard InChI is InChI=1S/C25H29FN2O5S/c1-14-13-18-20(16-7-9-17(26)10-8-16)19(23(24(29)30)33-25(3,4)5)15(2)21-22(18)27(14)11-12-28(21)34(6,31)32/h7-10,13,23H,11-12H2,1-6H3,(H,29,30)/t23-/m0/s1. The fourth-order valence-corrected chi connectivity index (χ4v) is 5.80. The SMILES string of the molecule is Cc1c([C@H](OC(C)(C)C)C(=O)O)c(-c2ccc(F)cc2)c2cc(C)n3c2c1N(S(C)(=O)=O)CC3. The van der Waals surface area contributed by atoms with Crippen molar-refractivity contribution >= 4 is 32.6 Å². The van der Waals surface area contributed by atoms with Crippen molar-refractivity contribution in [1.82, 2.24) is 4.57 Å².